The Morgan fingerprint density at radius 2 is 2.00 bits per heavy atom. The number of benzene rings is 1. The van der Waals surface area contributed by atoms with Crippen molar-refractivity contribution in [3.63, 3.8) is 0 Å². The van der Waals surface area contributed by atoms with Crippen LogP contribution in [0.15, 0.2) is 41.1 Å². The minimum Gasteiger partial charge on any atom is -0.497 e. The molecule has 0 aliphatic heterocycles. The zero-order valence-corrected chi connectivity index (χ0v) is 10.3. The van der Waals surface area contributed by atoms with Gasteiger partial charge in [0, 0.05) is 11.6 Å². The highest BCUT2D eigenvalue weighted by molar-refractivity contribution is 6.01. The third-order valence-electron chi connectivity index (χ3n) is 2.49. The predicted molar refractivity (Wildman–Crippen MR) is 66.2 cm³/mol. The maximum atomic E-state index is 11.8. The first-order chi connectivity index (χ1) is 9.20. The largest absolute Gasteiger partial charge is 0.497 e. The Morgan fingerprint density at radius 1 is 1.26 bits per heavy atom. The fraction of sp³-hybridized carbons (Fsp3) is 0.154. The first-order valence-electron chi connectivity index (χ1n) is 5.56. The summed E-state index contributed by atoms with van der Waals surface area (Å²) >= 11 is 0. The Hall–Kier alpha value is -2.63. The van der Waals surface area contributed by atoms with Crippen LogP contribution in [0.25, 0.3) is 0 Å². The SMILES string of the molecule is COc1ccc(C(=O)CNC(=O)c2ccon2)cc1. The van der Waals surface area contributed by atoms with Gasteiger partial charge in [0.25, 0.3) is 5.91 Å². The second kappa shape index (κ2) is 5.81. The molecular formula is C13H12N2O4. The number of carbonyl (C=O) groups is 2. The molecule has 6 heteroatoms. The number of ketones is 1. The van der Waals surface area contributed by atoms with Crippen LogP contribution < -0.4 is 10.1 Å². The summed E-state index contributed by atoms with van der Waals surface area (Å²) in [5.74, 6) is 0.0262. The molecule has 6 nitrogen and oxygen atoms in total. The lowest BCUT2D eigenvalue weighted by atomic mass is 10.1. The van der Waals surface area contributed by atoms with E-state index in [1.165, 1.54) is 12.3 Å². The number of amides is 1. The number of nitrogens with zero attached hydrogens (tertiary/aromatic N) is 1. The number of Topliss-reactive ketones (excluding diaryl/α,β-unsaturated/α-hetero) is 1. The van der Waals surface area contributed by atoms with Gasteiger partial charge in [-0.1, -0.05) is 5.16 Å². The first kappa shape index (κ1) is 12.8. The molecule has 1 aromatic heterocycles. The Balaban J connectivity index is 1.92. The molecule has 0 fully saturated rings. The van der Waals surface area contributed by atoms with Gasteiger partial charge in [-0.3, -0.25) is 9.59 Å². The van der Waals surface area contributed by atoms with E-state index in [0.29, 0.717) is 11.3 Å². The number of hydrogen-bond acceptors (Lipinski definition) is 5. The molecule has 0 radical (unpaired) electrons. The van der Waals surface area contributed by atoms with Gasteiger partial charge < -0.3 is 14.6 Å². The van der Waals surface area contributed by atoms with Crippen molar-refractivity contribution in [2.75, 3.05) is 13.7 Å². The zero-order valence-electron chi connectivity index (χ0n) is 10.3. The van der Waals surface area contributed by atoms with E-state index in [4.69, 9.17) is 4.74 Å². The lowest BCUT2D eigenvalue weighted by Gasteiger charge is -2.04. The Kier molecular flexibility index (Phi) is 3.92. The molecule has 0 aliphatic carbocycles. The average molecular weight is 260 g/mol. The molecule has 0 saturated carbocycles. The smallest absolute Gasteiger partial charge is 0.273 e. The quantitative estimate of drug-likeness (QED) is 0.819. The molecule has 0 saturated heterocycles. The van der Waals surface area contributed by atoms with Crippen molar-refractivity contribution in [3.8, 4) is 5.75 Å². The van der Waals surface area contributed by atoms with E-state index in [1.54, 1.807) is 31.4 Å². The van der Waals surface area contributed by atoms with Crippen LogP contribution in [0.3, 0.4) is 0 Å². The highest BCUT2D eigenvalue weighted by atomic mass is 16.5. The van der Waals surface area contributed by atoms with E-state index in [0.717, 1.165) is 0 Å². The van der Waals surface area contributed by atoms with Gasteiger partial charge in [0.05, 0.1) is 13.7 Å². The van der Waals surface area contributed by atoms with E-state index in [1.807, 2.05) is 0 Å². The van der Waals surface area contributed by atoms with Gasteiger partial charge in [0.2, 0.25) is 0 Å². The van der Waals surface area contributed by atoms with E-state index in [9.17, 15) is 9.59 Å². The van der Waals surface area contributed by atoms with E-state index in [2.05, 4.69) is 15.0 Å². The van der Waals surface area contributed by atoms with Gasteiger partial charge in [0.15, 0.2) is 11.5 Å². The monoisotopic (exact) mass is 260 g/mol. The molecule has 2 aromatic rings. The Bertz CT molecular complexity index is 561. The summed E-state index contributed by atoms with van der Waals surface area (Å²) in [7, 11) is 1.55. The summed E-state index contributed by atoms with van der Waals surface area (Å²) in [6, 6.07) is 8.08. The molecule has 1 heterocycles. The molecule has 0 unspecified atom stereocenters. The maximum absolute atomic E-state index is 11.8. The maximum Gasteiger partial charge on any atom is 0.273 e. The van der Waals surface area contributed by atoms with Crippen LogP contribution in [0.4, 0.5) is 0 Å². The van der Waals surface area contributed by atoms with Crippen LogP contribution in [0.2, 0.25) is 0 Å². The van der Waals surface area contributed by atoms with Crippen LogP contribution in [0.1, 0.15) is 20.8 Å². The summed E-state index contributed by atoms with van der Waals surface area (Å²) in [6.07, 6.45) is 1.29. The number of aromatic nitrogens is 1. The molecule has 0 spiro atoms. The van der Waals surface area contributed by atoms with Gasteiger partial charge in [-0.05, 0) is 24.3 Å². The molecule has 1 amide bonds. The lowest BCUT2D eigenvalue weighted by Crippen LogP contribution is -2.29. The standard InChI is InChI=1S/C13H12N2O4/c1-18-10-4-2-9(3-5-10)12(16)8-14-13(17)11-6-7-19-15-11/h2-7H,8H2,1H3,(H,14,17). The van der Waals surface area contributed by atoms with Gasteiger partial charge in [-0.2, -0.15) is 0 Å². The highest BCUT2D eigenvalue weighted by Gasteiger charge is 2.11. The second-order valence-electron chi connectivity index (χ2n) is 3.72. The summed E-state index contributed by atoms with van der Waals surface area (Å²) in [6.45, 7) is -0.0992. The molecule has 1 N–H and O–H groups in total. The summed E-state index contributed by atoms with van der Waals surface area (Å²) in [4.78, 5) is 23.4. The van der Waals surface area contributed by atoms with Crippen molar-refractivity contribution in [3.05, 3.63) is 47.9 Å². The molecule has 0 atom stereocenters. The topological polar surface area (TPSA) is 81.4 Å². The highest BCUT2D eigenvalue weighted by Crippen LogP contribution is 2.11. The van der Waals surface area contributed by atoms with Crippen molar-refractivity contribution in [1.82, 2.24) is 10.5 Å². The molecule has 0 bridgehead atoms. The molecular weight excluding hydrogens is 248 g/mol. The fourth-order valence-corrected chi connectivity index (χ4v) is 1.46. The number of hydrogen-bond donors (Lipinski definition) is 1. The van der Waals surface area contributed by atoms with Crippen LogP contribution in [-0.4, -0.2) is 30.5 Å². The van der Waals surface area contributed by atoms with Crippen molar-refractivity contribution in [1.29, 1.82) is 0 Å². The van der Waals surface area contributed by atoms with Crippen LogP contribution in [0, 0.1) is 0 Å². The number of carbonyl (C=O) groups excluding carboxylic acids is 2. The van der Waals surface area contributed by atoms with Crippen LogP contribution >= 0.6 is 0 Å². The van der Waals surface area contributed by atoms with Crippen molar-refractivity contribution in [2.45, 2.75) is 0 Å². The molecule has 2 rings (SSSR count). The molecule has 0 aliphatic rings. The molecule has 19 heavy (non-hydrogen) atoms. The zero-order chi connectivity index (χ0) is 13.7. The third kappa shape index (κ3) is 3.19. The summed E-state index contributed by atoms with van der Waals surface area (Å²) in [5, 5.41) is 5.94. The van der Waals surface area contributed by atoms with Gasteiger partial charge in [-0.25, -0.2) is 0 Å². The van der Waals surface area contributed by atoms with Gasteiger partial charge >= 0.3 is 0 Å². The summed E-state index contributed by atoms with van der Waals surface area (Å²) < 4.78 is 9.54. The normalized spacial score (nSPS) is 9.95. The minimum absolute atomic E-state index is 0.0992. The number of methoxy groups -OCH3 is 1. The fourth-order valence-electron chi connectivity index (χ4n) is 1.46. The van der Waals surface area contributed by atoms with Crippen molar-refractivity contribution < 1.29 is 18.8 Å². The molecule has 1 aromatic carbocycles. The minimum atomic E-state index is -0.449. The summed E-state index contributed by atoms with van der Waals surface area (Å²) in [5.41, 5.74) is 0.642. The molecule has 98 valence electrons. The average Bonchev–Trinajstić information content (AvgIpc) is 2.98. The number of nitrogens with one attached hydrogen (secondary N) is 1. The van der Waals surface area contributed by atoms with Crippen molar-refractivity contribution >= 4 is 11.7 Å². The van der Waals surface area contributed by atoms with E-state index >= 15 is 0 Å². The van der Waals surface area contributed by atoms with Gasteiger partial charge in [0.1, 0.15) is 12.0 Å². The number of ether oxygens (including phenoxy) is 1. The number of rotatable bonds is 5. The Morgan fingerprint density at radius 3 is 2.58 bits per heavy atom. The van der Waals surface area contributed by atoms with E-state index < -0.39 is 5.91 Å². The third-order valence-corrected chi connectivity index (χ3v) is 2.49. The second-order valence-corrected chi connectivity index (χ2v) is 3.72. The predicted octanol–water partition coefficient (Wildman–Crippen LogP) is 1.30. The van der Waals surface area contributed by atoms with E-state index in [-0.39, 0.29) is 18.0 Å². The lowest BCUT2D eigenvalue weighted by molar-refractivity contribution is 0.0898. The van der Waals surface area contributed by atoms with Crippen LogP contribution in [0.5, 0.6) is 5.75 Å². The van der Waals surface area contributed by atoms with Crippen molar-refractivity contribution in [2.24, 2.45) is 0 Å². The first-order valence-corrected chi connectivity index (χ1v) is 5.56. The van der Waals surface area contributed by atoms with Crippen LogP contribution in [-0.2, 0) is 0 Å². The van der Waals surface area contributed by atoms with Gasteiger partial charge in [-0.15, -0.1) is 0 Å². The Labute approximate surface area is 109 Å².